The Morgan fingerprint density at radius 2 is 1.88 bits per heavy atom. The lowest BCUT2D eigenvalue weighted by Gasteiger charge is -2.14. The van der Waals surface area contributed by atoms with E-state index in [0.29, 0.717) is 26.4 Å². The van der Waals surface area contributed by atoms with E-state index in [4.69, 9.17) is 4.74 Å². The van der Waals surface area contributed by atoms with Gasteiger partial charge in [0.2, 0.25) is 0 Å². The maximum atomic E-state index is 11.4. The van der Waals surface area contributed by atoms with Gasteiger partial charge in [-0.15, -0.1) is 0 Å². The Bertz CT molecular complexity index is 218. The van der Waals surface area contributed by atoms with E-state index in [0.717, 1.165) is 0 Å². The van der Waals surface area contributed by atoms with Crippen molar-refractivity contribution in [1.29, 1.82) is 0 Å². The molecular weight excluding hydrogens is 210 g/mol. The molecule has 0 bridgehead atoms. The van der Waals surface area contributed by atoms with Gasteiger partial charge < -0.3 is 9.47 Å². The largest absolute Gasteiger partial charge is 0.466 e. The predicted octanol–water partition coefficient (Wildman–Crippen LogP) is 0.477. The summed E-state index contributed by atoms with van der Waals surface area (Å²) >= 11 is 0. The molecule has 0 atom stereocenters. The molecule has 0 heterocycles. The van der Waals surface area contributed by atoms with Crippen molar-refractivity contribution < 1.29 is 19.1 Å². The highest BCUT2D eigenvalue weighted by molar-refractivity contribution is 5.96. The number of nitrogens with zero attached hydrogens (tertiary/aromatic N) is 1. The van der Waals surface area contributed by atoms with Gasteiger partial charge in [0, 0.05) is 13.2 Å². The maximum absolute atomic E-state index is 11.4. The molecule has 0 aromatic heterocycles. The van der Waals surface area contributed by atoms with E-state index in [9.17, 15) is 9.59 Å². The van der Waals surface area contributed by atoms with Gasteiger partial charge in [-0.3, -0.25) is 14.5 Å². The first-order valence-corrected chi connectivity index (χ1v) is 5.53. The van der Waals surface area contributed by atoms with Gasteiger partial charge >= 0.3 is 5.97 Å². The van der Waals surface area contributed by atoms with E-state index in [1.54, 1.807) is 6.92 Å². The average Bonchev–Trinajstić information content (AvgIpc) is 2.17. The highest BCUT2D eigenvalue weighted by Crippen LogP contribution is 1.92. The second-order valence-corrected chi connectivity index (χ2v) is 3.46. The molecule has 0 spiro atoms. The topological polar surface area (TPSA) is 55.8 Å². The Morgan fingerprint density at radius 3 is 2.44 bits per heavy atom. The number of ketones is 1. The van der Waals surface area contributed by atoms with Crippen LogP contribution in [0.5, 0.6) is 0 Å². The molecule has 0 aliphatic heterocycles. The number of likely N-dealkylation sites (N-methyl/N-ethyl adjacent to an activating group) is 1. The first-order valence-electron chi connectivity index (χ1n) is 5.53. The second kappa shape index (κ2) is 9.30. The number of Topliss-reactive ketones (excluding diaryl/α,β-unsaturated/α-hetero) is 1. The average molecular weight is 231 g/mol. The molecule has 0 aliphatic rings. The quantitative estimate of drug-likeness (QED) is 0.328. The lowest BCUT2D eigenvalue weighted by molar-refractivity contribution is -0.145. The summed E-state index contributed by atoms with van der Waals surface area (Å²) in [7, 11) is 1.82. The number of esters is 1. The number of hydrogen-bond acceptors (Lipinski definition) is 5. The lowest BCUT2D eigenvalue weighted by atomic mass is 10.2. The van der Waals surface area contributed by atoms with Crippen LogP contribution < -0.4 is 0 Å². The van der Waals surface area contributed by atoms with Crippen LogP contribution in [0.4, 0.5) is 0 Å². The van der Waals surface area contributed by atoms with Crippen LogP contribution in [-0.4, -0.2) is 56.6 Å². The van der Waals surface area contributed by atoms with E-state index in [1.165, 1.54) is 0 Å². The number of hydrogen-bond donors (Lipinski definition) is 0. The molecule has 0 radical (unpaired) electrons. The Hall–Kier alpha value is -0.940. The fourth-order valence-corrected chi connectivity index (χ4v) is 1.17. The smallest absolute Gasteiger partial charge is 0.313 e. The zero-order valence-corrected chi connectivity index (χ0v) is 10.3. The molecule has 0 rings (SSSR count). The third kappa shape index (κ3) is 8.38. The third-order valence-electron chi connectivity index (χ3n) is 1.91. The molecule has 0 saturated carbocycles. The van der Waals surface area contributed by atoms with Gasteiger partial charge in [0.15, 0.2) is 5.78 Å². The standard InChI is InChI=1S/C11H21NO4/c1-4-15-7-6-12(3)9-10(13)8-11(14)16-5-2/h4-9H2,1-3H3. The molecule has 16 heavy (non-hydrogen) atoms. The van der Waals surface area contributed by atoms with Crippen molar-refractivity contribution in [3.8, 4) is 0 Å². The maximum Gasteiger partial charge on any atom is 0.313 e. The van der Waals surface area contributed by atoms with E-state index in [1.807, 2.05) is 18.9 Å². The van der Waals surface area contributed by atoms with E-state index >= 15 is 0 Å². The van der Waals surface area contributed by atoms with Crippen LogP contribution in [0.25, 0.3) is 0 Å². The summed E-state index contributed by atoms with van der Waals surface area (Å²) in [4.78, 5) is 24.2. The molecule has 0 aliphatic carbocycles. The summed E-state index contributed by atoms with van der Waals surface area (Å²) in [6, 6.07) is 0. The van der Waals surface area contributed by atoms with Crippen LogP contribution in [0.2, 0.25) is 0 Å². The van der Waals surface area contributed by atoms with Crippen LogP contribution in [0.3, 0.4) is 0 Å². The molecular formula is C11H21NO4. The highest BCUT2D eigenvalue weighted by Gasteiger charge is 2.12. The van der Waals surface area contributed by atoms with Gasteiger partial charge in [0.1, 0.15) is 6.42 Å². The molecule has 94 valence electrons. The SMILES string of the molecule is CCOCCN(C)CC(=O)CC(=O)OCC. The minimum atomic E-state index is -0.453. The zero-order valence-electron chi connectivity index (χ0n) is 10.3. The molecule has 0 aromatic rings. The van der Waals surface area contributed by atoms with Crippen LogP contribution in [-0.2, 0) is 19.1 Å². The summed E-state index contributed by atoms with van der Waals surface area (Å²) in [5.41, 5.74) is 0. The number of rotatable bonds is 9. The Balaban J connectivity index is 3.65. The third-order valence-corrected chi connectivity index (χ3v) is 1.91. The molecule has 5 heteroatoms. The summed E-state index contributed by atoms with van der Waals surface area (Å²) in [6.45, 7) is 6.16. The van der Waals surface area contributed by atoms with Crippen molar-refractivity contribution in [1.82, 2.24) is 4.90 Å². The van der Waals surface area contributed by atoms with Crippen LogP contribution in [0.1, 0.15) is 20.3 Å². The molecule has 0 unspecified atom stereocenters. The first-order chi connectivity index (χ1) is 7.60. The molecule has 0 saturated heterocycles. The minimum Gasteiger partial charge on any atom is -0.466 e. The van der Waals surface area contributed by atoms with Gasteiger partial charge in [-0.2, -0.15) is 0 Å². The molecule has 0 fully saturated rings. The van der Waals surface area contributed by atoms with Crippen molar-refractivity contribution in [2.75, 3.05) is 40.0 Å². The molecule has 0 aromatic carbocycles. The fourth-order valence-electron chi connectivity index (χ4n) is 1.17. The van der Waals surface area contributed by atoms with Crippen molar-refractivity contribution in [3.63, 3.8) is 0 Å². The summed E-state index contributed by atoms with van der Waals surface area (Å²) in [6.07, 6.45) is -0.146. The molecule has 0 N–H and O–H groups in total. The number of carbonyl (C=O) groups excluding carboxylic acids is 2. The van der Waals surface area contributed by atoms with E-state index in [-0.39, 0.29) is 18.7 Å². The second-order valence-electron chi connectivity index (χ2n) is 3.46. The monoisotopic (exact) mass is 231 g/mol. The first kappa shape index (κ1) is 15.1. The predicted molar refractivity (Wildman–Crippen MR) is 60.2 cm³/mol. The highest BCUT2D eigenvalue weighted by atomic mass is 16.5. The summed E-state index contributed by atoms with van der Waals surface area (Å²) in [5.74, 6) is -0.580. The van der Waals surface area contributed by atoms with Crippen molar-refractivity contribution in [2.45, 2.75) is 20.3 Å². The van der Waals surface area contributed by atoms with E-state index < -0.39 is 5.97 Å². The van der Waals surface area contributed by atoms with Gasteiger partial charge in [-0.25, -0.2) is 0 Å². The Kier molecular flexibility index (Phi) is 8.75. The van der Waals surface area contributed by atoms with Crippen LogP contribution in [0.15, 0.2) is 0 Å². The van der Waals surface area contributed by atoms with Gasteiger partial charge in [-0.1, -0.05) is 0 Å². The Morgan fingerprint density at radius 1 is 1.19 bits per heavy atom. The lowest BCUT2D eigenvalue weighted by Crippen LogP contribution is -2.30. The van der Waals surface area contributed by atoms with Gasteiger partial charge in [0.05, 0.1) is 19.8 Å². The number of carbonyl (C=O) groups is 2. The van der Waals surface area contributed by atoms with Gasteiger partial charge in [0.25, 0.3) is 0 Å². The van der Waals surface area contributed by atoms with Gasteiger partial charge in [-0.05, 0) is 20.9 Å². The number of ether oxygens (including phenoxy) is 2. The van der Waals surface area contributed by atoms with Crippen LogP contribution >= 0.6 is 0 Å². The Labute approximate surface area is 96.7 Å². The normalized spacial score (nSPS) is 10.5. The van der Waals surface area contributed by atoms with Crippen molar-refractivity contribution in [3.05, 3.63) is 0 Å². The van der Waals surface area contributed by atoms with Crippen molar-refractivity contribution >= 4 is 11.8 Å². The van der Waals surface area contributed by atoms with E-state index in [2.05, 4.69) is 4.74 Å². The van der Waals surface area contributed by atoms with Crippen molar-refractivity contribution in [2.24, 2.45) is 0 Å². The summed E-state index contributed by atoms with van der Waals surface area (Å²) < 4.78 is 9.85. The minimum absolute atomic E-state index is 0.127. The van der Waals surface area contributed by atoms with Crippen LogP contribution in [0, 0.1) is 0 Å². The summed E-state index contributed by atoms with van der Waals surface area (Å²) in [5, 5.41) is 0. The fraction of sp³-hybridized carbons (Fsp3) is 0.818. The zero-order chi connectivity index (χ0) is 12.4. The molecule has 5 nitrogen and oxygen atoms in total. The molecule has 0 amide bonds.